The Balaban J connectivity index is 1.65. The molecule has 2 aliphatic rings. The summed E-state index contributed by atoms with van der Waals surface area (Å²) >= 11 is 0. The van der Waals surface area contributed by atoms with Gasteiger partial charge >= 0.3 is 0 Å². The second-order valence-electron chi connectivity index (χ2n) is 7.77. The van der Waals surface area contributed by atoms with Crippen LogP contribution in [0.3, 0.4) is 0 Å². The molecule has 1 saturated carbocycles. The highest BCUT2D eigenvalue weighted by Crippen LogP contribution is 2.42. The summed E-state index contributed by atoms with van der Waals surface area (Å²) in [6.07, 6.45) is 5.74. The van der Waals surface area contributed by atoms with Gasteiger partial charge in [-0.05, 0) is 68.3 Å². The van der Waals surface area contributed by atoms with Gasteiger partial charge in [-0.2, -0.15) is 0 Å². The maximum absolute atomic E-state index is 14.7. The van der Waals surface area contributed by atoms with Crippen molar-refractivity contribution in [2.24, 2.45) is 17.8 Å². The third-order valence-corrected chi connectivity index (χ3v) is 6.37. The van der Waals surface area contributed by atoms with Crippen molar-refractivity contribution in [3.8, 4) is 0 Å². The van der Waals surface area contributed by atoms with E-state index in [1.165, 1.54) is 25.7 Å². The Kier molecular flexibility index (Phi) is 6.44. The summed E-state index contributed by atoms with van der Waals surface area (Å²) in [5, 5.41) is 0. The maximum Gasteiger partial charge on any atom is 0.266 e. The Labute approximate surface area is 154 Å². The lowest BCUT2D eigenvalue weighted by Crippen LogP contribution is -2.30. The van der Waals surface area contributed by atoms with Crippen molar-refractivity contribution in [3.63, 3.8) is 0 Å². The van der Waals surface area contributed by atoms with Crippen LogP contribution >= 0.6 is 0 Å². The first-order valence-electron chi connectivity index (χ1n) is 9.88. The van der Waals surface area contributed by atoms with Gasteiger partial charge in [-0.15, -0.1) is 6.58 Å². The van der Waals surface area contributed by atoms with E-state index < -0.39 is 23.9 Å². The lowest BCUT2D eigenvalue weighted by Gasteiger charge is -2.37. The Morgan fingerprint density at radius 3 is 2.35 bits per heavy atom. The minimum absolute atomic E-state index is 0.298. The molecule has 1 aliphatic heterocycles. The van der Waals surface area contributed by atoms with Crippen molar-refractivity contribution < 1.29 is 17.9 Å². The Hall–Kier alpha value is -1.29. The van der Waals surface area contributed by atoms with Gasteiger partial charge in [-0.25, -0.2) is 13.2 Å². The summed E-state index contributed by atoms with van der Waals surface area (Å²) in [6, 6.07) is 3.27. The molecule has 26 heavy (non-hydrogen) atoms. The van der Waals surface area contributed by atoms with Gasteiger partial charge in [0.05, 0.1) is 18.3 Å². The van der Waals surface area contributed by atoms with Crippen LogP contribution in [0.5, 0.6) is 0 Å². The number of rotatable bonds is 5. The molecule has 0 amide bonds. The monoisotopic (exact) mass is 366 g/mol. The molecular weight excluding hydrogens is 337 g/mol. The second-order valence-corrected chi connectivity index (χ2v) is 7.77. The smallest absolute Gasteiger partial charge is 0.266 e. The molecule has 2 atom stereocenters. The van der Waals surface area contributed by atoms with Gasteiger partial charge in [-0.3, -0.25) is 0 Å². The van der Waals surface area contributed by atoms with E-state index in [9.17, 15) is 13.2 Å². The zero-order valence-corrected chi connectivity index (χ0v) is 15.5. The number of aryl methyl sites for hydroxylation is 1. The average molecular weight is 366 g/mol. The Morgan fingerprint density at radius 2 is 1.81 bits per heavy atom. The summed E-state index contributed by atoms with van der Waals surface area (Å²) in [4.78, 5) is 0. The minimum Gasteiger partial charge on any atom is -0.373 e. The van der Waals surface area contributed by atoms with E-state index in [0.717, 1.165) is 6.42 Å². The molecule has 0 spiro atoms. The molecule has 1 aromatic carbocycles. The first-order valence-corrected chi connectivity index (χ1v) is 9.88. The number of hydrogen-bond donors (Lipinski definition) is 0. The van der Waals surface area contributed by atoms with E-state index in [-0.39, 0.29) is 0 Å². The Bertz CT molecular complexity index is 612. The van der Waals surface area contributed by atoms with Crippen molar-refractivity contribution in [2.75, 3.05) is 6.61 Å². The van der Waals surface area contributed by atoms with Crippen molar-refractivity contribution >= 4 is 0 Å². The third-order valence-electron chi connectivity index (χ3n) is 6.37. The quantitative estimate of drug-likeness (QED) is 0.522. The number of ether oxygens (including phenoxy) is 1. The Morgan fingerprint density at radius 1 is 1.12 bits per heavy atom. The molecule has 3 rings (SSSR count). The van der Waals surface area contributed by atoms with Gasteiger partial charge < -0.3 is 4.74 Å². The molecule has 4 heteroatoms. The van der Waals surface area contributed by atoms with E-state index in [2.05, 4.69) is 12.7 Å². The van der Waals surface area contributed by atoms with Crippen LogP contribution in [-0.2, 0) is 11.2 Å². The summed E-state index contributed by atoms with van der Waals surface area (Å²) in [5.74, 6) is 1.04. The highest BCUT2D eigenvalue weighted by atomic mass is 19.3. The average Bonchev–Trinajstić information content (AvgIpc) is 2.67. The van der Waals surface area contributed by atoms with Crippen LogP contribution < -0.4 is 0 Å². The number of alkyl halides is 2. The van der Waals surface area contributed by atoms with Crippen molar-refractivity contribution in [3.05, 3.63) is 47.3 Å². The molecule has 0 radical (unpaired) electrons. The number of benzene rings is 1. The summed E-state index contributed by atoms with van der Waals surface area (Å²) in [7, 11) is 0. The predicted molar refractivity (Wildman–Crippen MR) is 97.8 cm³/mol. The van der Waals surface area contributed by atoms with E-state index in [4.69, 9.17) is 4.74 Å². The van der Waals surface area contributed by atoms with Crippen LogP contribution in [0, 0.1) is 23.6 Å². The summed E-state index contributed by atoms with van der Waals surface area (Å²) in [5.41, 5.74) is 0.235. The van der Waals surface area contributed by atoms with Gasteiger partial charge in [0.1, 0.15) is 5.82 Å². The SMILES string of the molecule is C=CC1CCC(C2CCC(c3ccc(CC)c(C(F)F)c3F)OC2)CC1. The molecule has 0 aromatic heterocycles. The van der Waals surface area contributed by atoms with Gasteiger partial charge in [-0.1, -0.05) is 25.1 Å². The molecule has 1 aromatic rings. The molecule has 1 saturated heterocycles. The van der Waals surface area contributed by atoms with E-state index in [1.54, 1.807) is 19.1 Å². The lowest BCUT2D eigenvalue weighted by atomic mass is 9.73. The molecule has 1 aliphatic carbocycles. The van der Waals surface area contributed by atoms with Gasteiger partial charge in [0.2, 0.25) is 0 Å². The van der Waals surface area contributed by atoms with Gasteiger partial charge in [0.15, 0.2) is 0 Å². The summed E-state index contributed by atoms with van der Waals surface area (Å²) < 4.78 is 47.3. The molecule has 0 N–H and O–H groups in total. The molecule has 144 valence electrons. The van der Waals surface area contributed by atoms with Crippen LogP contribution in [0.4, 0.5) is 13.2 Å². The standard InChI is InChI=1S/C22H29F3O/c1-3-14-5-7-16(8-6-14)17-10-12-19(26-13-17)18-11-9-15(4-2)20(21(18)23)22(24)25/h3,9,11,14,16-17,19,22H,1,4-8,10,12-13H2,2H3. The maximum atomic E-state index is 14.7. The molecule has 2 unspecified atom stereocenters. The highest BCUT2D eigenvalue weighted by molar-refractivity contribution is 5.36. The number of hydrogen-bond acceptors (Lipinski definition) is 1. The van der Waals surface area contributed by atoms with Crippen LogP contribution in [0.1, 0.15) is 74.7 Å². The normalized spacial score (nSPS) is 29.7. The largest absolute Gasteiger partial charge is 0.373 e. The molecule has 1 nitrogen and oxygen atoms in total. The van der Waals surface area contributed by atoms with E-state index in [0.29, 0.717) is 48.3 Å². The van der Waals surface area contributed by atoms with Crippen molar-refractivity contribution in [2.45, 2.75) is 64.4 Å². The number of allylic oxidation sites excluding steroid dienone is 1. The van der Waals surface area contributed by atoms with E-state index in [1.807, 2.05) is 0 Å². The third kappa shape index (κ3) is 4.00. The zero-order chi connectivity index (χ0) is 18.7. The first-order chi connectivity index (χ1) is 12.5. The van der Waals surface area contributed by atoms with Crippen molar-refractivity contribution in [1.82, 2.24) is 0 Å². The van der Waals surface area contributed by atoms with Crippen LogP contribution in [-0.4, -0.2) is 6.61 Å². The fourth-order valence-corrected chi connectivity index (χ4v) is 4.68. The van der Waals surface area contributed by atoms with Gasteiger partial charge in [0.25, 0.3) is 6.43 Å². The van der Waals surface area contributed by atoms with Crippen LogP contribution in [0.2, 0.25) is 0 Å². The minimum atomic E-state index is -2.79. The first kappa shape index (κ1) is 19.5. The van der Waals surface area contributed by atoms with Gasteiger partial charge in [0, 0.05) is 5.56 Å². The highest BCUT2D eigenvalue weighted by Gasteiger charge is 2.33. The number of halogens is 3. The molecule has 1 heterocycles. The molecular formula is C22H29F3O. The van der Waals surface area contributed by atoms with Crippen LogP contribution in [0.15, 0.2) is 24.8 Å². The van der Waals surface area contributed by atoms with Crippen molar-refractivity contribution in [1.29, 1.82) is 0 Å². The van der Waals surface area contributed by atoms with Crippen LogP contribution in [0.25, 0.3) is 0 Å². The zero-order valence-electron chi connectivity index (χ0n) is 15.5. The van der Waals surface area contributed by atoms with E-state index >= 15 is 0 Å². The lowest BCUT2D eigenvalue weighted by molar-refractivity contribution is -0.0411. The predicted octanol–water partition coefficient (Wildman–Crippen LogP) is 6.79. The molecule has 2 fully saturated rings. The second kappa shape index (κ2) is 8.60. The fourth-order valence-electron chi connectivity index (χ4n) is 4.68. The molecule has 0 bridgehead atoms. The topological polar surface area (TPSA) is 9.23 Å². The fraction of sp³-hybridized carbons (Fsp3) is 0.636. The summed E-state index contributed by atoms with van der Waals surface area (Å²) in [6.45, 7) is 6.26.